The van der Waals surface area contributed by atoms with Crippen molar-refractivity contribution in [2.24, 2.45) is 5.41 Å². The molecule has 0 unspecified atom stereocenters. The van der Waals surface area contributed by atoms with E-state index in [1.165, 1.54) is 12.1 Å². The Morgan fingerprint density at radius 1 is 1.29 bits per heavy atom. The monoisotopic (exact) mass is 237 g/mol. The van der Waals surface area contributed by atoms with Crippen molar-refractivity contribution in [2.75, 3.05) is 18.0 Å². The number of carboxylic acid groups (broad SMARTS) is 1. The molecule has 0 aliphatic carbocycles. The first-order chi connectivity index (χ1) is 8.01. The molecular formula is C13H16FNO2. The Hall–Kier alpha value is -1.58. The van der Waals surface area contributed by atoms with Crippen LogP contribution >= 0.6 is 0 Å². The smallest absolute Gasteiger partial charge is 0.309 e. The zero-order valence-corrected chi connectivity index (χ0v) is 9.82. The molecule has 1 N–H and O–H groups in total. The number of rotatable bonds is 2. The fraction of sp³-hybridized carbons (Fsp3) is 0.462. The lowest BCUT2D eigenvalue weighted by atomic mass is 9.80. The Morgan fingerprint density at radius 2 is 1.82 bits per heavy atom. The number of carboxylic acids is 1. The summed E-state index contributed by atoms with van der Waals surface area (Å²) in [6, 6.07) is 6.33. The molecule has 92 valence electrons. The van der Waals surface area contributed by atoms with Crippen LogP contribution < -0.4 is 4.90 Å². The Bertz CT molecular complexity index is 408. The van der Waals surface area contributed by atoms with Gasteiger partial charge in [-0.05, 0) is 44.0 Å². The summed E-state index contributed by atoms with van der Waals surface area (Å²) in [4.78, 5) is 13.2. The Morgan fingerprint density at radius 3 is 2.29 bits per heavy atom. The maximum Gasteiger partial charge on any atom is 0.309 e. The van der Waals surface area contributed by atoms with Gasteiger partial charge in [0.1, 0.15) is 5.82 Å². The Balaban J connectivity index is 2.04. The average molecular weight is 237 g/mol. The number of carbonyl (C=O) groups is 1. The molecule has 1 saturated heterocycles. The summed E-state index contributed by atoms with van der Waals surface area (Å²) in [6.07, 6.45) is 1.25. The molecule has 1 aromatic rings. The molecule has 2 rings (SSSR count). The van der Waals surface area contributed by atoms with Gasteiger partial charge < -0.3 is 10.0 Å². The van der Waals surface area contributed by atoms with Crippen LogP contribution in [-0.4, -0.2) is 24.2 Å². The molecular weight excluding hydrogens is 221 g/mol. The second kappa shape index (κ2) is 4.35. The number of nitrogens with zero attached hydrogens (tertiary/aromatic N) is 1. The number of hydrogen-bond acceptors (Lipinski definition) is 2. The molecule has 0 radical (unpaired) electrons. The van der Waals surface area contributed by atoms with Crippen molar-refractivity contribution in [1.29, 1.82) is 0 Å². The first-order valence-corrected chi connectivity index (χ1v) is 5.75. The molecule has 17 heavy (non-hydrogen) atoms. The SMILES string of the molecule is CC1(C(=O)O)CCN(c2ccc(F)cc2)CC1. The topological polar surface area (TPSA) is 40.5 Å². The fourth-order valence-corrected chi connectivity index (χ4v) is 2.12. The third kappa shape index (κ3) is 2.40. The van der Waals surface area contributed by atoms with Crippen LogP contribution in [0.2, 0.25) is 0 Å². The van der Waals surface area contributed by atoms with Crippen molar-refractivity contribution in [3.05, 3.63) is 30.1 Å². The van der Waals surface area contributed by atoms with Gasteiger partial charge in [0.05, 0.1) is 5.41 Å². The molecule has 3 nitrogen and oxygen atoms in total. The van der Waals surface area contributed by atoms with Crippen LogP contribution in [0.25, 0.3) is 0 Å². The molecule has 1 fully saturated rings. The first-order valence-electron chi connectivity index (χ1n) is 5.75. The fourth-order valence-electron chi connectivity index (χ4n) is 2.12. The van der Waals surface area contributed by atoms with Gasteiger partial charge in [0.15, 0.2) is 0 Å². The molecule has 0 aromatic heterocycles. The quantitative estimate of drug-likeness (QED) is 0.859. The molecule has 0 atom stereocenters. The zero-order chi connectivity index (χ0) is 12.5. The molecule has 0 spiro atoms. The van der Waals surface area contributed by atoms with E-state index in [1.54, 1.807) is 19.1 Å². The van der Waals surface area contributed by atoms with E-state index < -0.39 is 11.4 Å². The van der Waals surface area contributed by atoms with Gasteiger partial charge in [0.2, 0.25) is 0 Å². The van der Waals surface area contributed by atoms with Crippen molar-refractivity contribution in [3.8, 4) is 0 Å². The summed E-state index contributed by atoms with van der Waals surface area (Å²) in [5, 5.41) is 9.12. The largest absolute Gasteiger partial charge is 0.481 e. The number of piperidine rings is 1. The summed E-state index contributed by atoms with van der Waals surface area (Å²) in [5.74, 6) is -0.975. The minimum Gasteiger partial charge on any atom is -0.481 e. The van der Waals surface area contributed by atoms with Crippen LogP contribution in [0.5, 0.6) is 0 Å². The lowest BCUT2D eigenvalue weighted by molar-refractivity contribution is -0.149. The molecule has 1 heterocycles. The van der Waals surface area contributed by atoms with Gasteiger partial charge in [-0.25, -0.2) is 4.39 Å². The van der Waals surface area contributed by atoms with Gasteiger partial charge in [-0.2, -0.15) is 0 Å². The van der Waals surface area contributed by atoms with E-state index in [4.69, 9.17) is 5.11 Å². The highest BCUT2D eigenvalue weighted by Gasteiger charge is 2.36. The first kappa shape index (κ1) is 11.9. The molecule has 0 amide bonds. The average Bonchev–Trinajstić information content (AvgIpc) is 2.31. The summed E-state index contributed by atoms with van der Waals surface area (Å²) >= 11 is 0. The predicted octanol–water partition coefficient (Wildman–Crippen LogP) is 2.52. The van der Waals surface area contributed by atoms with Crippen LogP contribution in [-0.2, 0) is 4.79 Å². The van der Waals surface area contributed by atoms with Crippen LogP contribution in [0.3, 0.4) is 0 Å². The van der Waals surface area contributed by atoms with E-state index in [0.717, 1.165) is 5.69 Å². The molecule has 0 saturated carbocycles. The summed E-state index contributed by atoms with van der Waals surface area (Å²) in [7, 11) is 0. The van der Waals surface area contributed by atoms with Crippen LogP contribution in [0.1, 0.15) is 19.8 Å². The number of anilines is 1. The lowest BCUT2D eigenvalue weighted by Gasteiger charge is -2.37. The molecule has 0 bridgehead atoms. The zero-order valence-electron chi connectivity index (χ0n) is 9.82. The highest BCUT2D eigenvalue weighted by atomic mass is 19.1. The number of aliphatic carboxylic acids is 1. The Labute approximate surface area is 99.9 Å². The maximum absolute atomic E-state index is 12.8. The normalized spacial score (nSPS) is 19.1. The van der Waals surface area contributed by atoms with E-state index in [1.807, 2.05) is 0 Å². The van der Waals surface area contributed by atoms with E-state index in [9.17, 15) is 9.18 Å². The minimum atomic E-state index is -0.726. The van der Waals surface area contributed by atoms with Gasteiger partial charge in [0.25, 0.3) is 0 Å². The van der Waals surface area contributed by atoms with Crippen LogP contribution in [0.15, 0.2) is 24.3 Å². The van der Waals surface area contributed by atoms with E-state index in [2.05, 4.69) is 4.90 Å². The summed E-state index contributed by atoms with van der Waals surface area (Å²) < 4.78 is 12.8. The lowest BCUT2D eigenvalue weighted by Crippen LogP contribution is -2.42. The van der Waals surface area contributed by atoms with Crippen molar-refractivity contribution < 1.29 is 14.3 Å². The van der Waals surface area contributed by atoms with Crippen molar-refractivity contribution >= 4 is 11.7 Å². The van der Waals surface area contributed by atoms with Crippen molar-refractivity contribution in [1.82, 2.24) is 0 Å². The molecule has 1 aliphatic heterocycles. The maximum atomic E-state index is 12.8. The standard InChI is InChI=1S/C13H16FNO2/c1-13(12(16)17)6-8-15(9-7-13)11-4-2-10(14)3-5-11/h2-5H,6-9H2,1H3,(H,16,17). The highest BCUT2D eigenvalue weighted by Crippen LogP contribution is 2.33. The van der Waals surface area contributed by atoms with E-state index in [-0.39, 0.29) is 5.82 Å². The van der Waals surface area contributed by atoms with Gasteiger partial charge in [-0.1, -0.05) is 0 Å². The minimum absolute atomic E-state index is 0.249. The van der Waals surface area contributed by atoms with Gasteiger partial charge in [0, 0.05) is 18.8 Å². The van der Waals surface area contributed by atoms with Crippen LogP contribution in [0, 0.1) is 11.2 Å². The van der Waals surface area contributed by atoms with Gasteiger partial charge >= 0.3 is 5.97 Å². The predicted molar refractivity (Wildman–Crippen MR) is 63.6 cm³/mol. The molecule has 1 aromatic carbocycles. The van der Waals surface area contributed by atoms with Gasteiger partial charge in [-0.3, -0.25) is 4.79 Å². The number of halogens is 1. The third-order valence-corrected chi connectivity index (χ3v) is 3.58. The second-order valence-corrected chi connectivity index (χ2v) is 4.83. The highest BCUT2D eigenvalue weighted by molar-refractivity contribution is 5.74. The van der Waals surface area contributed by atoms with E-state index in [0.29, 0.717) is 25.9 Å². The summed E-state index contributed by atoms with van der Waals surface area (Å²) in [6.45, 7) is 3.19. The molecule has 1 aliphatic rings. The third-order valence-electron chi connectivity index (χ3n) is 3.58. The van der Waals surface area contributed by atoms with Crippen molar-refractivity contribution in [2.45, 2.75) is 19.8 Å². The van der Waals surface area contributed by atoms with Crippen LogP contribution in [0.4, 0.5) is 10.1 Å². The van der Waals surface area contributed by atoms with Gasteiger partial charge in [-0.15, -0.1) is 0 Å². The van der Waals surface area contributed by atoms with E-state index >= 15 is 0 Å². The number of benzene rings is 1. The second-order valence-electron chi connectivity index (χ2n) is 4.83. The summed E-state index contributed by atoms with van der Waals surface area (Å²) in [5.41, 5.74) is 0.343. The number of hydrogen-bond donors (Lipinski definition) is 1. The molecule has 4 heteroatoms. The Kier molecular flexibility index (Phi) is 3.05. The van der Waals surface area contributed by atoms with Crippen molar-refractivity contribution in [3.63, 3.8) is 0 Å².